The summed E-state index contributed by atoms with van der Waals surface area (Å²) in [6.07, 6.45) is 2.53. The Balaban J connectivity index is 2.21. The number of nitriles is 1. The number of ether oxygens (including phenoxy) is 1. The molecule has 0 N–H and O–H groups in total. The van der Waals surface area contributed by atoms with E-state index < -0.39 is 0 Å². The molecule has 0 aromatic heterocycles. The third kappa shape index (κ3) is 2.59. The van der Waals surface area contributed by atoms with Gasteiger partial charge in [0.15, 0.2) is 0 Å². The van der Waals surface area contributed by atoms with Crippen LogP contribution in [-0.4, -0.2) is 24.6 Å². The SMILES string of the molecule is COc1ccc(C#N)cc1CN1CCCC1C. The van der Waals surface area contributed by atoms with Gasteiger partial charge in [-0.3, -0.25) is 4.90 Å². The highest BCUT2D eigenvalue weighted by Crippen LogP contribution is 2.25. The van der Waals surface area contributed by atoms with Crippen molar-refractivity contribution in [2.24, 2.45) is 0 Å². The summed E-state index contributed by atoms with van der Waals surface area (Å²) < 4.78 is 5.35. The molecule has 17 heavy (non-hydrogen) atoms. The Morgan fingerprint density at radius 1 is 1.53 bits per heavy atom. The first-order valence-electron chi connectivity index (χ1n) is 6.05. The highest BCUT2D eigenvalue weighted by atomic mass is 16.5. The average Bonchev–Trinajstić information content (AvgIpc) is 2.75. The van der Waals surface area contributed by atoms with Crippen LogP contribution in [0.5, 0.6) is 5.75 Å². The standard InChI is InChI=1S/C14H18N2O/c1-11-4-3-7-16(11)10-13-8-12(9-15)5-6-14(13)17-2/h5-6,8,11H,3-4,7,10H2,1-2H3. The highest BCUT2D eigenvalue weighted by Gasteiger charge is 2.21. The third-order valence-electron chi connectivity index (χ3n) is 3.47. The minimum absolute atomic E-state index is 0.630. The zero-order valence-electron chi connectivity index (χ0n) is 10.4. The molecule has 1 atom stereocenters. The maximum Gasteiger partial charge on any atom is 0.123 e. The first-order chi connectivity index (χ1) is 8.24. The van der Waals surface area contributed by atoms with Crippen molar-refractivity contribution >= 4 is 0 Å². The zero-order valence-corrected chi connectivity index (χ0v) is 10.4. The van der Waals surface area contributed by atoms with Gasteiger partial charge in [0.1, 0.15) is 5.75 Å². The Bertz CT molecular complexity index is 436. The number of methoxy groups -OCH3 is 1. The number of nitrogens with zero attached hydrogens (tertiary/aromatic N) is 2. The van der Waals surface area contributed by atoms with Crippen molar-refractivity contribution in [2.75, 3.05) is 13.7 Å². The van der Waals surface area contributed by atoms with Gasteiger partial charge in [0.2, 0.25) is 0 Å². The lowest BCUT2D eigenvalue weighted by Crippen LogP contribution is -2.26. The molecular weight excluding hydrogens is 212 g/mol. The van der Waals surface area contributed by atoms with Crippen molar-refractivity contribution in [3.8, 4) is 11.8 Å². The maximum absolute atomic E-state index is 8.93. The van der Waals surface area contributed by atoms with Crippen LogP contribution in [0.1, 0.15) is 30.9 Å². The summed E-state index contributed by atoms with van der Waals surface area (Å²) >= 11 is 0. The summed E-state index contributed by atoms with van der Waals surface area (Å²) in [6.45, 7) is 4.27. The van der Waals surface area contributed by atoms with Gasteiger partial charge in [0.25, 0.3) is 0 Å². The Kier molecular flexibility index (Phi) is 3.65. The lowest BCUT2D eigenvalue weighted by Gasteiger charge is -2.22. The Hall–Kier alpha value is -1.53. The zero-order chi connectivity index (χ0) is 12.3. The monoisotopic (exact) mass is 230 g/mol. The van der Waals surface area contributed by atoms with Gasteiger partial charge in [0.05, 0.1) is 18.7 Å². The van der Waals surface area contributed by atoms with Crippen molar-refractivity contribution in [1.82, 2.24) is 4.90 Å². The summed E-state index contributed by atoms with van der Waals surface area (Å²) in [6, 6.07) is 8.43. The number of likely N-dealkylation sites (tertiary alicyclic amines) is 1. The number of hydrogen-bond acceptors (Lipinski definition) is 3. The number of rotatable bonds is 3. The van der Waals surface area contributed by atoms with Gasteiger partial charge in [-0.05, 0) is 44.5 Å². The second-order valence-corrected chi connectivity index (χ2v) is 4.60. The molecule has 0 bridgehead atoms. The lowest BCUT2D eigenvalue weighted by atomic mass is 10.1. The van der Waals surface area contributed by atoms with Gasteiger partial charge < -0.3 is 4.74 Å². The Labute approximate surface area is 103 Å². The fourth-order valence-electron chi connectivity index (χ4n) is 2.42. The van der Waals surface area contributed by atoms with E-state index in [0.29, 0.717) is 11.6 Å². The minimum atomic E-state index is 0.630. The van der Waals surface area contributed by atoms with Gasteiger partial charge in [-0.25, -0.2) is 0 Å². The molecule has 1 aromatic carbocycles. The normalized spacial score (nSPS) is 20.2. The predicted molar refractivity (Wildman–Crippen MR) is 66.8 cm³/mol. The maximum atomic E-state index is 8.93. The van der Waals surface area contributed by atoms with E-state index in [-0.39, 0.29) is 0 Å². The Morgan fingerprint density at radius 2 is 2.35 bits per heavy atom. The molecule has 0 spiro atoms. The van der Waals surface area contributed by atoms with E-state index in [9.17, 15) is 0 Å². The van der Waals surface area contributed by atoms with E-state index >= 15 is 0 Å². The molecule has 1 aliphatic rings. The molecule has 3 heteroatoms. The van der Waals surface area contributed by atoms with E-state index in [0.717, 1.165) is 24.4 Å². The predicted octanol–water partition coefficient (Wildman–Crippen LogP) is 2.55. The largest absolute Gasteiger partial charge is 0.496 e. The van der Waals surface area contributed by atoms with E-state index in [2.05, 4.69) is 17.9 Å². The van der Waals surface area contributed by atoms with Gasteiger partial charge in [-0.1, -0.05) is 0 Å². The van der Waals surface area contributed by atoms with Crippen LogP contribution in [0.3, 0.4) is 0 Å². The molecule has 2 rings (SSSR count). The second kappa shape index (κ2) is 5.20. The van der Waals surface area contributed by atoms with Crippen LogP contribution in [0.4, 0.5) is 0 Å². The van der Waals surface area contributed by atoms with Crippen molar-refractivity contribution in [2.45, 2.75) is 32.4 Å². The third-order valence-corrected chi connectivity index (χ3v) is 3.47. The van der Waals surface area contributed by atoms with Crippen LogP contribution in [0.2, 0.25) is 0 Å². The first-order valence-corrected chi connectivity index (χ1v) is 6.05. The van der Waals surface area contributed by atoms with Gasteiger partial charge in [0, 0.05) is 18.2 Å². The number of hydrogen-bond donors (Lipinski definition) is 0. The Morgan fingerprint density at radius 3 is 2.94 bits per heavy atom. The molecular formula is C14H18N2O. The quantitative estimate of drug-likeness (QED) is 0.800. The molecule has 1 heterocycles. The molecule has 1 unspecified atom stereocenters. The topological polar surface area (TPSA) is 36.3 Å². The summed E-state index contributed by atoms with van der Waals surface area (Å²) in [4.78, 5) is 2.44. The molecule has 1 fully saturated rings. The van der Waals surface area contributed by atoms with E-state index in [4.69, 9.17) is 10.00 Å². The van der Waals surface area contributed by atoms with E-state index in [1.54, 1.807) is 13.2 Å². The van der Waals surface area contributed by atoms with E-state index in [1.807, 2.05) is 12.1 Å². The summed E-state index contributed by atoms with van der Waals surface area (Å²) in [5, 5.41) is 8.93. The highest BCUT2D eigenvalue weighted by molar-refractivity contribution is 5.42. The molecule has 0 radical (unpaired) electrons. The van der Waals surface area contributed by atoms with Crippen LogP contribution in [0, 0.1) is 11.3 Å². The molecule has 0 aliphatic carbocycles. The van der Waals surface area contributed by atoms with Crippen molar-refractivity contribution in [3.05, 3.63) is 29.3 Å². The summed E-state index contributed by atoms with van der Waals surface area (Å²) in [7, 11) is 1.68. The van der Waals surface area contributed by atoms with Crippen molar-refractivity contribution in [1.29, 1.82) is 5.26 Å². The molecule has 1 saturated heterocycles. The lowest BCUT2D eigenvalue weighted by molar-refractivity contribution is 0.256. The van der Waals surface area contributed by atoms with Crippen molar-refractivity contribution in [3.63, 3.8) is 0 Å². The smallest absolute Gasteiger partial charge is 0.123 e. The van der Waals surface area contributed by atoms with Gasteiger partial charge >= 0.3 is 0 Å². The van der Waals surface area contributed by atoms with Gasteiger partial charge in [-0.15, -0.1) is 0 Å². The first kappa shape index (κ1) is 11.9. The van der Waals surface area contributed by atoms with Crippen LogP contribution < -0.4 is 4.74 Å². The summed E-state index contributed by atoms with van der Waals surface area (Å²) in [5.74, 6) is 0.878. The molecule has 3 nitrogen and oxygen atoms in total. The average molecular weight is 230 g/mol. The fourth-order valence-corrected chi connectivity index (χ4v) is 2.42. The van der Waals surface area contributed by atoms with Gasteiger partial charge in [-0.2, -0.15) is 5.26 Å². The van der Waals surface area contributed by atoms with Crippen LogP contribution in [-0.2, 0) is 6.54 Å². The van der Waals surface area contributed by atoms with E-state index in [1.165, 1.54) is 12.8 Å². The summed E-state index contributed by atoms with van der Waals surface area (Å²) in [5.41, 5.74) is 1.81. The van der Waals surface area contributed by atoms with Crippen molar-refractivity contribution < 1.29 is 4.74 Å². The molecule has 0 amide bonds. The fraction of sp³-hybridized carbons (Fsp3) is 0.500. The molecule has 90 valence electrons. The number of benzene rings is 1. The molecule has 1 aliphatic heterocycles. The second-order valence-electron chi connectivity index (χ2n) is 4.60. The van der Waals surface area contributed by atoms with Crippen LogP contribution in [0.15, 0.2) is 18.2 Å². The van der Waals surface area contributed by atoms with Crippen LogP contribution >= 0.6 is 0 Å². The molecule has 1 aromatic rings. The molecule has 0 saturated carbocycles. The van der Waals surface area contributed by atoms with Crippen LogP contribution in [0.25, 0.3) is 0 Å². The minimum Gasteiger partial charge on any atom is -0.496 e.